The number of rotatable bonds is 5. The van der Waals surface area contributed by atoms with Crippen LogP contribution in [0.15, 0.2) is 66.9 Å². The molecule has 4 heteroatoms. The Bertz CT molecular complexity index is 776. The highest BCUT2D eigenvalue weighted by Crippen LogP contribution is 2.10. The second-order valence-electron chi connectivity index (χ2n) is 5.39. The van der Waals surface area contributed by atoms with E-state index < -0.39 is 0 Å². The Labute approximate surface area is 135 Å². The van der Waals surface area contributed by atoms with Gasteiger partial charge in [-0.25, -0.2) is 0 Å². The van der Waals surface area contributed by atoms with Crippen LogP contribution in [0.4, 0.5) is 5.82 Å². The molecule has 0 saturated carbocycles. The molecule has 1 N–H and O–H groups in total. The Kier molecular flexibility index (Phi) is 4.52. The van der Waals surface area contributed by atoms with Crippen LogP contribution in [0.5, 0.6) is 0 Å². The van der Waals surface area contributed by atoms with Crippen molar-refractivity contribution in [3.63, 3.8) is 0 Å². The SMILES string of the molecule is CCc1ccc(C(=O)Nc2ccn(Cc3ccccc3)n2)cc1. The minimum absolute atomic E-state index is 0.141. The fourth-order valence-corrected chi connectivity index (χ4v) is 2.37. The average Bonchev–Trinajstić information content (AvgIpc) is 3.02. The van der Waals surface area contributed by atoms with Crippen molar-refractivity contribution in [2.75, 3.05) is 5.32 Å². The Morgan fingerprint density at radius 3 is 2.43 bits per heavy atom. The average molecular weight is 305 g/mol. The van der Waals surface area contributed by atoms with Gasteiger partial charge in [0.15, 0.2) is 5.82 Å². The minimum Gasteiger partial charge on any atom is -0.305 e. The Balaban J connectivity index is 1.65. The summed E-state index contributed by atoms with van der Waals surface area (Å²) in [5.41, 5.74) is 3.03. The molecule has 0 spiro atoms. The van der Waals surface area contributed by atoms with Gasteiger partial charge in [0, 0.05) is 17.8 Å². The van der Waals surface area contributed by atoms with E-state index in [1.54, 1.807) is 6.07 Å². The zero-order valence-corrected chi connectivity index (χ0v) is 13.1. The third-order valence-electron chi connectivity index (χ3n) is 3.69. The van der Waals surface area contributed by atoms with Crippen molar-refractivity contribution in [3.8, 4) is 0 Å². The number of benzene rings is 2. The number of carbonyl (C=O) groups excluding carboxylic acids is 1. The molecule has 0 atom stereocenters. The molecule has 3 rings (SSSR count). The molecule has 2 aromatic carbocycles. The van der Waals surface area contributed by atoms with Gasteiger partial charge in [-0.3, -0.25) is 9.48 Å². The van der Waals surface area contributed by atoms with E-state index in [1.807, 2.05) is 53.3 Å². The molecule has 4 nitrogen and oxygen atoms in total. The van der Waals surface area contributed by atoms with E-state index in [0.717, 1.165) is 6.42 Å². The molecule has 0 radical (unpaired) electrons. The van der Waals surface area contributed by atoms with Crippen molar-refractivity contribution in [2.45, 2.75) is 19.9 Å². The maximum Gasteiger partial charge on any atom is 0.256 e. The van der Waals surface area contributed by atoms with Gasteiger partial charge in [-0.15, -0.1) is 0 Å². The van der Waals surface area contributed by atoms with Crippen LogP contribution >= 0.6 is 0 Å². The number of amides is 1. The third-order valence-corrected chi connectivity index (χ3v) is 3.69. The van der Waals surface area contributed by atoms with Crippen LogP contribution in [0, 0.1) is 0 Å². The van der Waals surface area contributed by atoms with Crippen LogP contribution < -0.4 is 5.32 Å². The number of carbonyl (C=O) groups is 1. The van der Waals surface area contributed by atoms with Gasteiger partial charge in [-0.2, -0.15) is 5.10 Å². The summed E-state index contributed by atoms with van der Waals surface area (Å²) in [6.07, 6.45) is 2.83. The second-order valence-corrected chi connectivity index (χ2v) is 5.39. The molecular formula is C19H19N3O. The summed E-state index contributed by atoms with van der Waals surface area (Å²) >= 11 is 0. The van der Waals surface area contributed by atoms with E-state index in [1.165, 1.54) is 11.1 Å². The minimum atomic E-state index is -0.141. The second kappa shape index (κ2) is 6.92. The van der Waals surface area contributed by atoms with E-state index in [2.05, 4.69) is 29.5 Å². The highest BCUT2D eigenvalue weighted by Gasteiger charge is 2.08. The molecule has 1 amide bonds. The van der Waals surface area contributed by atoms with Crippen LogP contribution in [0.1, 0.15) is 28.4 Å². The Hall–Kier alpha value is -2.88. The van der Waals surface area contributed by atoms with E-state index in [9.17, 15) is 4.79 Å². The predicted octanol–water partition coefficient (Wildman–Crippen LogP) is 3.75. The first kappa shape index (κ1) is 15.0. The van der Waals surface area contributed by atoms with Crippen molar-refractivity contribution in [1.29, 1.82) is 0 Å². The van der Waals surface area contributed by atoms with E-state index >= 15 is 0 Å². The molecule has 0 unspecified atom stereocenters. The lowest BCUT2D eigenvalue weighted by Crippen LogP contribution is -2.12. The summed E-state index contributed by atoms with van der Waals surface area (Å²) < 4.78 is 1.81. The zero-order chi connectivity index (χ0) is 16.1. The molecule has 1 aromatic heterocycles. The lowest BCUT2D eigenvalue weighted by Gasteiger charge is -2.04. The highest BCUT2D eigenvalue weighted by molar-refractivity contribution is 6.03. The molecule has 0 aliphatic heterocycles. The molecule has 0 bridgehead atoms. The van der Waals surface area contributed by atoms with Crippen molar-refractivity contribution in [3.05, 3.63) is 83.6 Å². The van der Waals surface area contributed by atoms with Crippen LogP contribution in [0.3, 0.4) is 0 Å². The lowest BCUT2D eigenvalue weighted by molar-refractivity contribution is 0.102. The summed E-state index contributed by atoms with van der Waals surface area (Å²) in [4.78, 5) is 12.2. The van der Waals surface area contributed by atoms with Crippen LogP contribution in [0.25, 0.3) is 0 Å². The topological polar surface area (TPSA) is 46.9 Å². The number of nitrogens with zero attached hydrogens (tertiary/aromatic N) is 2. The van der Waals surface area contributed by atoms with Gasteiger partial charge < -0.3 is 5.32 Å². The first-order valence-corrected chi connectivity index (χ1v) is 7.72. The van der Waals surface area contributed by atoms with E-state index in [-0.39, 0.29) is 5.91 Å². The summed E-state index contributed by atoms with van der Waals surface area (Å²) in [6, 6.07) is 19.5. The molecule has 3 aromatic rings. The lowest BCUT2D eigenvalue weighted by atomic mass is 10.1. The molecule has 0 aliphatic carbocycles. The largest absolute Gasteiger partial charge is 0.305 e. The first-order valence-electron chi connectivity index (χ1n) is 7.72. The fourth-order valence-electron chi connectivity index (χ4n) is 2.37. The third kappa shape index (κ3) is 3.86. The zero-order valence-electron chi connectivity index (χ0n) is 13.1. The number of aryl methyl sites for hydroxylation is 1. The molecular weight excluding hydrogens is 286 g/mol. The van der Waals surface area contributed by atoms with Gasteiger partial charge in [0.2, 0.25) is 0 Å². The summed E-state index contributed by atoms with van der Waals surface area (Å²) in [6.45, 7) is 2.77. The molecule has 0 saturated heterocycles. The fraction of sp³-hybridized carbons (Fsp3) is 0.158. The van der Waals surface area contributed by atoms with E-state index in [0.29, 0.717) is 17.9 Å². The standard InChI is InChI=1S/C19H19N3O/c1-2-15-8-10-17(11-9-15)19(23)20-18-12-13-22(21-18)14-16-6-4-3-5-7-16/h3-13H,2,14H2,1H3,(H,20,21,23). The van der Waals surface area contributed by atoms with Crippen molar-refractivity contribution in [2.24, 2.45) is 0 Å². The van der Waals surface area contributed by atoms with Gasteiger partial charge in [0.1, 0.15) is 0 Å². The van der Waals surface area contributed by atoms with Crippen LogP contribution in [0.2, 0.25) is 0 Å². The molecule has 23 heavy (non-hydrogen) atoms. The maximum absolute atomic E-state index is 12.2. The van der Waals surface area contributed by atoms with Gasteiger partial charge in [-0.1, -0.05) is 49.4 Å². The van der Waals surface area contributed by atoms with Gasteiger partial charge in [0.25, 0.3) is 5.91 Å². The first-order chi connectivity index (χ1) is 11.2. The number of anilines is 1. The van der Waals surface area contributed by atoms with Gasteiger partial charge in [-0.05, 0) is 29.7 Å². The Morgan fingerprint density at radius 1 is 1.00 bits per heavy atom. The quantitative estimate of drug-likeness (QED) is 0.780. The Morgan fingerprint density at radius 2 is 1.74 bits per heavy atom. The smallest absolute Gasteiger partial charge is 0.256 e. The number of hydrogen-bond donors (Lipinski definition) is 1. The number of aromatic nitrogens is 2. The van der Waals surface area contributed by atoms with E-state index in [4.69, 9.17) is 0 Å². The molecule has 0 aliphatic rings. The normalized spacial score (nSPS) is 10.5. The monoisotopic (exact) mass is 305 g/mol. The highest BCUT2D eigenvalue weighted by atomic mass is 16.1. The maximum atomic E-state index is 12.2. The van der Waals surface area contributed by atoms with Crippen LogP contribution in [-0.4, -0.2) is 15.7 Å². The van der Waals surface area contributed by atoms with Crippen molar-refractivity contribution < 1.29 is 4.79 Å². The summed E-state index contributed by atoms with van der Waals surface area (Å²) in [5.74, 6) is 0.420. The molecule has 0 fully saturated rings. The summed E-state index contributed by atoms with van der Waals surface area (Å²) in [5, 5.41) is 7.22. The predicted molar refractivity (Wildman–Crippen MR) is 91.5 cm³/mol. The van der Waals surface area contributed by atoms with Gasteiger partial charge in [0.05, 0.1) is 6.54 Å². The van der Waals surface area contributed by atoms with Crippen molar-refractivity contribution >= 4 is 11.7 Å². The van der Waals surface area contributed by atoms with Crippen LogP contribution in [-0.2, 0) is 13.0 Å². The molecule has 1 heterocycles. The number of nitrogens with one attached hydrogen (secondary N) is 1. The molecule has 116 valence electrons. The summed E-state index contributed by atoms with van der Waals surface area (Å²) in [7, 11) is 0. The van der Waals surface area contributed by atoms with Crippen molar-refractivity contribution in [1.82, 2.24) is 9.78 Å². The number of hydrogen-bond acceptors (Lipinski definition) is 2. The van der Waals surface area contributed by atoms with Gasteiger partial charge >= 0.3 is 0 Å².